The van der Waals surface area contributed by atoms with Crippen LogP contribution in [0.2, 0.25) is 0 Å². The zero-order valence-electron chi connectivity index (χ0n) is 8.65. The van der Waals surface area contributed by atoms with Crippen LogP contribution in [0.3, 0.4) is 0 Å². The maximum atomic E-state index is 13.4. The van der Waals surface area contributed by atoms with Crippen LogP contribution in [-0.2, 0) is 0 Å². The molecule has 16 heavy (non-hydrogen) atoms. The maximum absolute atomic E-state index is 13.4. The summed E-state index contributed by atoms with van der Waals surface area (Å²) in [5, 5.41) is 0. The second kappa shape index (κ2) is 5.54. The van der Waals surface area contributed by atoms with E-state index in [-0.39, 0.29) is 12.0 Å². The second-order valence-electron chi connectivity index (χ2n) is 3.11. The zero-order valence-corrected chi connectivity index (χ0v) is 8.65. The lowest BCUT2D eigenvalue weighted by atomic mass is 10.0. The van der Waals surface area contributed by atoms with Crippen molar-refractivity contribution in [3.05, 3.63) is 35.1 Å². The van der Waals surface area contributed by atoms with E-state index in [1.165, 1.54) is 0 Å². The summed E-state index contributed by atoms with van der Waals surface area (Å²) in [7, 11) is 0. The number of halogens is 3. The van der Waals surface area contributed by atoms with Gasteiger partial charge in [-0.15, -0.1) is 11.8 Å². The molecule has 0 aliphatic rings. The van der Waals surface area contributed by atoms with Gasteiger partial charge in [-0.1, -0.05) is 6.07 Å². The SMILES string of the molecule is CC#CCC(NN)c1ccc(F)c(F)c1F. The molecule has 1 rings (SSSR count). The molecule has 0 heterocycles. The molecule has 0 bridgehead atoms. The van der Waals surface area contributed by atoms with Crippen molar-refractivity contribution in [2.24, 2.45) is 5.84 Å². The van der Waals surface area contributed by atoms with Crippen molar-refractivity contribution in [2.75, 3.05) is 0 Å². The van der Waals surface area contributed by atoms with E-state index in [0.29, 0.717) is 0 Å². The van der Waals surface area contributed by atoms with Gasteiger partial charge in [0.2, 0.25) is 0 Å². The molecular formula is C11H11F3N2. The summed E-state index contributed by atoms with van der Waals surface area (Å²) in [6.45, 7) is 1.62. The molecule has 2 nitrogen and oxygen atoms in total. The lowest BCUT2D eigenvalue weighted by molar-refractivity contribution is 0.426. The summed E-state index contributed by atoms with van der Waals surface area (Å²) in [6.07, 6.45) is 0.217. The predicted octanol–water partition coefficient (Wildman–Crippen LogP) is 2.02. The third-order valence-corrected chi connectivity index (χ3v) is 2.12. The molecule has 0 spiro atoms. The smallest absolute Gasteiger partial charge is 0.194 e. The summed E-state index contributed by atoms with van der Waals surface area (Å²) in [5.41, 5.74) is 2.27. The van der Waals surface area contributed by atoms with Crippen molar-refractivity contribution >= 4 is 0 Å². The Labute approximate surface area is 91.6 Å². The summed E-state index contributed by atoms with van der Waals surface area (Å²) in [4.78, 5) is 0. The van der Waals surface area contributed by atoms with Gasteiger partial charge in [0.15, 0.2) is 17.5 Å². The van der Waals surface area contributed by atoms with E-state index >= 15 is 0 Å². The van der Waals surface area contributed by atoms with Gasteiger partial charge in [0.25, 0.3) is 0 Å². The molecule has 1 aromatic rings. The summed E-state index contributed by atoms with van der Waals surface area (Å²) < 4.78 is 39.0. The Bertz CT molecular complexity index is 435. The third kappa shape index (κ3) is 2.54. The van der Waals surface area contributed by atoms with Crippen molar-refractivity contribution in [1.29, 1.82) is 0 Å². The van der Waals surface area contributed by atoms with Crippen LogP contribution in [0.1, 0.15) is 24.9 Å². The molecule has 5 heteroatoms. The second-order valence-corrected chi connectivity index (χ2v) is 3.11. The third-order valence-electron chi connectivity index (χ3n) is 2.12. The van der Waals surface area contributed by atoms with Crippen molar-refractivity contribution in [3.63, 3.8) is 0 Å². The average Bonchev–Trinajstić information content (AvgIpc) is 2.29. The first-order valence-corrected chi connectivity index (χ1v) is 4.61. The minimum absolute atomic E-state index is 0.0378. The first kappa shape index (κ1) is 12.6. The Morgan fingerprint density at radius 3 is 2.56 bits per heavy atom. The Morgan fingerprint density at radius 1 is 1.31 bits per heavy atom. The van der Waals surface area contributed by atoms with Gasteiger partial charge in [-0.2, -0.15) is 0 Å². The van der Waals surface area contributed by atoms with Crippen LogP contribution >= 0.6 is 0 Å². The molecule has 0 aromatic heterocycles. The molecule has 3 N–H and O–H groups in total. The first-order valence-electron chi connectivity index (χ1n) is 4.61. The highest BCUT2D eigenvalue weighted by Gasteiger charge is 2.19. The number of rotatable bonds is 3. The summed E-state index contributed by atoms with van der Waals surface area (Å²) in [5.74, 6) is 6.54. The lowest BCUT2D eigenvalue weighted by Gasteiger charge is -2.14. The highest BCUT2D eigenvalue weighted by atomic mass is 19.2. The molecule has 0 radical (unpaired) electrons. The van der Waals surface area contributed by atoms with E-state index in [4.69, 9.17) is 5.84 Å². The van der Waals surface area contributed by atoms with E-state index in [1.807, 2.05) is 0 Å². The number of hydrogen-bond donors (Lipinski definition) is 2. The average molecular weight is 228 g/mol. The van der Waals surface area contributed by atoms with Crippen molar-refractivity contribution in [3.8, 4) is 11.8 Å². The Kier molecular flexibility index (Phi) is 4.35. The molecule has 0 fully saturated rings. The quantitative estimate of drug-likeness (QED) is 0.359. The fourth-order valence-electron chi connectivity index (χ4n) is 1.27. The molecule has 0 saturated heterocycles. The lowest BCUT2D eigenvalue weighted by Crippen LogP contribution is -2.28. The van der Waals surface area contributed by atoms with Crippen LogP contribution in [0.4, 0.5) is 13.2 Å². The van der Waals surface area contributed by atoms with Gasteiger partial charge < -0.3 is 0 Å². The van der Waals surface area contributed by atoms with Gasteiger partial charge in [-0.05, 0) is 13.0 Å². The number of benzene rings is 1. The van der Waals surface area contributed by atoms with Gasteiger partial charge in [-0.3, -0.25) is 11.3 Å². The van der Waals surface area contributed by atoms with Crippen LogP contribution < -0.4 is 11.3 Å². The topological polar surface area (TPSA) is 38.0 Å². The largest absolute Gasteiger partial charge is 0.271 e. The normalized spacial score (nSPS) is 11.8. The van der Waals surface area contributed by atoms with E-state index in [1.54, 1.807) is 6.92 Å². The Balaban J connectivity index is 3.09. The standard InChI is InChI=1S/C11H11F3N2/c1-2-3-4-9(16-15)7-5-6-8(12)11(14)10(7)13/h5-6,9,16H,4,15H2,1H3. The van der Waals surface area contributed by atoms with E-state index in [9.17, 15) is 13.2 Å². The zero-order chi connectivity index (χ0) is 12.1. The van der Waals surface area contributed by atoms with Gasteiger partial charge in [-0.25, -0.2) is 13.2 Å². The van der Waals surface area contributed by atoms with Gasteiger partial charge in [0.1, 0.15) is 0 Å². The fourth-order valence-corrected chi connectivity index (χ4v) is 1.27. The van der Waals surface area contributed by atoms with Crippen molar-refractivity contribution < 1.29 is 13.2 Å². The minimum atomic E-state index is -1.50. The van der Waals surface area contributed by atoms with Gasteiger partial charge in [0.05, 0.1) is 6.04 Å². The van der Waals surface area contributed by atoms with Crippen LogP contribution in [0, 0.1) is 29.3 Å². The number of hydrazine groups is 1. The van der Waals surface area contributed by atoms with Crippen LogP contribution in [0.25, 0.3) is 0 Å². The Hall–Kier alpha value is -1.51. The highest BCUT2D eigenvalue weighted by Crippen LogP contribution is 2.22. The van der Waals surface area contributed by atoms with E-state index < -0.39 is 23.5 Å². The van der Waals surface area contributed by atoms with E-state index in [0.717, 1.165) is 12.1 Å². The molecule has 1 atom stereocenters. The first-order chi connectivity index (χ1) is 7.61. The van der Waals surface area contributed by atoms with Crippen molar-refractivity contribution in [1.82, 2.24) is 5.43 Å². The van der Waals surface area contributed by atoms with Crippen molar-refractivity contribution in [2.45, 2.75) is 19.4 Å². The molecule has 1 unspecified atom stereocenters. The molecule has 0 saturated carbocycles. The van der Waals surface area contributed by atoms with Crippen LogP contribution in [0.15, 0.2) is 12.1 Å². The minimum Gasteiger partial charge on any atom is -0.271 e. The molecule has 1 aromatic carbocycles. The monoisotopic (exact) mass is 228 g/mol. The predicted molar refractivity (Wildman–Crippen MR) is 54.4 cm³/mol. The molecule has 0 amide bonds. The van der Waals surface area contributed by atoms with E-state index in [2.05, 4.69) is 17.3 Å². The summed E-state index contributed by atoms with van der Waals surface area (Å²) in [6, 6.07) is 1.34. The molecule has 0 aliphatic heterocycles. The van der Waals surface area contributed by atoms with Crippen LogP contribution in [0.5, 0.6) is 0 Å². The maximum Gasteiger partial charge on any atom is 0.194 e. The summed E-state index contributed by atoms with van der Waals surface area (Å²) >= 11 is 0. The fraction of sp³-hybridized carbons (Fsp3) is 0.273. The number of nitrogens with two attached hydrogens (primary N) is 1. The number of hydrogen-bond acceptors (Lipinski definition) is 2. The number of nitrogens with one attached hydrogen (secondary N) is 1. The van der Waals surface area contributed by atoms with Gasteiger partial charge >= 0.3 is 0 Å². The molecular weight excluding hydrogens is 217 g/mol. The molecule has 0 aliphatic carbocycles. The Morgan fingerprint density at radius 2 is 2.00 bits per heavy atom. The highest BCUT2D eigenvalue weighted by molar-refractivity contribution is 5.24. The van der Waals surface area contributed by atoms with Crippen LogP contribution in [-0.4, -0.2) is 0 Å². The molecule has 86 valence electrons. The van der Waals surface area contributed by atoms with Gasteiger partial charge in [0, 0.05) is 12.0 Å².